The number of carbonyl (C=O) groups is 1. The number of aryl methyl sites for hydroxylation is 2. The maximum Gasteiger partial charge on any atom is 0.323 e. The summed E-state index contributed by atoms with van der Waals surface area (Å²) in [5.41, 5.74) is 9.75. The predicted molar refractivity (Wildman–Crippen MR) is 90.9 cm³/mol. The van der Waals surface area contributed by atoms with E-state index in [1.807, 2.05) is 50.2 Å². The van der Waals surface area contributed by atoms with Gasteiger partial charge in [-0.1, -0.05) is 36.5 Å². The third-order valence-electron chi connectivity index (χ3n) is 3.04. The van der Waals surface area contributed by atoms with Crippen LogP contribution in [0.15, 0.2) is 42.5 Å². The molecule has 0 bridgehead atoms. The topological polar surface area (TPSA) is 67.2 Å². The Balaban J connectivity index is 2.17. The predicted octanol–water partition coefficient (Wildman–Crippen LogP) is 3.58. The van der Waals surface area contributed by atoms with Crippen molar-refractivity contribution in [1.82, 2.24) is 0 Å². The molecule has 2 amide bonds. The monoisotopic (exact) mass is 299 g/mol. The first-order valence-electron chi connectivity index (χ1n) is 6.51. The highest BCUT2D eigenvalue weighted by molar-refractivity contribution is 7.80. The van der Waals surface area contributed by atoms with Gasteiger partial charge in [0.2, 0.25) is 0 Å². The molecule has 0 unspecified atom stereocenters. The summed E-state index contributed by atoms with van der Waals surface area (Å²) >= 11 is 5.04. The molecule has 5 heteroatoms. The second-order valence-corrected chi connectivity index (χ2v) is 5.25. The SMILES string of the molecule is Cc1cccc(NC(=O)Nc2cccc(C)c2C(N)=S)c1. The number of thiocarbonyl (C=S) groups is 1. The molecule has 0 saturated carbocycles. The Morgan fingerprint density at radius 2 is 1.81 bits per heavy atom. The van der Waals surface area contributed by atoms with Crippen LogP contribution in [-0.2, 0) is 0 Å². The summed E-state index contributed by atoms with van der Waals surface area (Å²) in [4.78, 5) is 12.3. The first-order valence-corrected chi connectivity index (χ1v) is 6.92. The summed E-state index contributed by atoms with van der Waals surface area (Å²) in [5.74, 6) is 0. The Morgan fingerprint density at radius 3 is 2.48 bits per heavy atom. The second-order valence-electron chi connectivity index (χ2n) is 4.81. The van der Waals surface area contributed by atoms with E-state index in [0.29, 0.717) is 11.3 Å². The fourth-order valence-corrected chi connectivity index (χ4v) is 2.38. The van der Waals surface area contributed by atoms with E-state index in [9.17, 15) is 4.79 Å². The molecule has 0 spiro atoms. The molecule has 4 nitrogen and oxygen atoms in total. The van der Waals surface area contributed by atoms with Crippen molar-refractivity contribution in [2.45, 2.75) is 13.8 Å². The first kappa shape index (κ1) is 15.0. The largest absolute Gasteiger partial charge is 0.389 e. The van der Waals surface area contributed by atoms with Gasteiger partial charge in [-0.25, -0.2) is 4.79 Å². The van der Waals surface area contributed by atoms with Gasteiger partial charge < -0.3 is 16.4 Å². The molecule has 0 aliphatic carbocycles. The van der Waals surface area contributed by atoms with E-state index < -0.39 is 0 Å². The molecule has 21 heavy (non-hydrogen) atoms. The molecule has 2 aromatic carbocycles. The lowest BCUT2D eigenvalue weighted by molar-refractivity contribution is 0.262. The van der Waals surface area contributed by atoms with Crippen LogP contribution in [0.2, 0.25) is 0 Å². The fourth-order valence-electron chi connectivity index (χ4n) is 2.11. The van der Waals surface area contributed by atoms with Gasteiger partial charge in [-0.2, -0.15) is 0 Å². The van der Waals surface area contributed by atoms with Gasteiger partial charge in [0.1, 0.15) is 4.99 Å². The van der Waals surface area contributed by atoms with Crippen molar-refractivity contribution in [2.75, 3.05) is 10.6 Å². The number of rotatable bonds is 3. The zero-order valence-corrected chi connectivity index (χ0v) is 12.8. The van der Waals surface area contributed by atoms with E-state index in [2.05, 4.69) is 10.6 Å². The minimum absolute atomic E-state index is 0.263. The maximum absolute atomic E-state index is 12.1. The summed E-state index contributed by atoms with van der Waals surface area (Å²) < 4.78 is 0. The number of anilines is 2. The van der Waals surface area contributed by atoms with Crippen molar-refractivity contribution in [2.24, 2.45) is 5.73 Å². The normalized spacial score (nSPS) is 10.0. The molecule has 0 aliphatic rings. The van der Waals surface area contributed by atoms with Crippen molar-refractivity contribution >= 4 is 34.6 Å². The standard InChI is InChI=1S/C16H17N3OS/c1-10-5-3-7-12(9-10)18-16(20)19-13-8-4-6-11(2)14(13)15(17)21/h3-9H,1-2H3,(H2,17,21)(H2,18,19,20). The van der Waals surface area contributed by atoms with Crippen LogP contribution in [0.25, 0.3) is 0 Å². The van der Waals surface area contributed by atoms with Crippen LogP contribution < -0.4 is 16.4 Å². The zero-order valence-electron chi connectivity index (χ0n) is 11.9. The Kier molecular flexibility index (Phi) is 4.55. The van der Waals surface area contributed by atoms with Crippen molar-refractivity contribution in [1.29, 1.82) is 0 Å². The number of benzene rings is 2. The number of carbonyl (C=O) groups excluding carboxylic acids is 1. The number of amides is 2. The fraction of sp³-hybridized carbons (Fsp3) is 0.125. The van der Waals surface area contributed by atoms with Gasteiger partial charge in [-0.15, -0.1) is 0 Å². The Labute approximate surface area is 129 Å². The average Bonchev–Trinajstić information content (AvgIpc) is 2.37. The lowest BCUT2D eigenvalue weighted by atomic mass is 10.1. The molecular formula is C16H17N3OS. The molecule has 0 aromatic heterocycles. The lowest BCUT2D eigenvalue weighted by Gasteiger charge is -2.13. The molecule has 2 aromatic rings. The third kappa shape index (κ3) is 3.79. The van der Waals surface area contributed by atoms with Crippen LogP contribution in [-0.4, -0.2) is 11.0 Å². The average molecular weight is 299 g/mol. The summed E-state index contributed by atoms with van der Waals surface area (Å²) in [6, 6.07) is 12.8. The van der Waals surface area contributed by atoms with Gasteiger partial charge in [0.05, 0.1) is 5.69 Å². The van der Waals surface area contributed by atoms with Crippen LogP contribution in [0.3, 0.4) is 0 Å². The minimum Gasteiger partial charge on any atom is -0.389 e. The van der Waals surface area contributed by atoms with E-state index in [0.717, 1.165) is 16.8 Å². The van der Waals surface area contributed by atoms with E-state index in [1.54, 1.807) is 6.07 Å². The molecule has 0 saturated heterocycles. The van der Waals surface area contributed by atoms with E-state index >= 15 is 0 Å². The van der Waals surface area contributed by atoms with Gasteiger partial charge >= 0.3 is 6.03 Å². The third-order valence-corrected chi connectivity index (χ3v) is 3.25. The van der Waals surface area contributed by atoms with Gasteiger partial charge in [-0.3, -0.25) is 0 Å². The Bertz CT molecular complexity index is 698. The van der Waals surface area contributed by atoms with Crippen LogP contribution in [0, 0.1) is 13.8 Å². The quantitative estimate of drug-likeness (QED) is 0.759. The minimum atomic E-state index is -0.330. The molecule has 0 heterocycles. The summed E-state index contributed by atoms with van der Waals surface area (Å²) in [6.45, 7) is 3.87. The van der Waals surface area contributed by atoms with Crippen LogP contribution >= 0.6 is 12.2 Å². The number of nitrogens with one attached hydrogen (secondary N) is 2. The molecule has 2 rings (SSSR count). The highest BCUT2D eigenvalue weighted by Gasteiger charge is 2.11. The van der Waals surface area contributed by atoms with Crippen LogP contribution in [0.4, 0.5) is 16.2 Å². The van der Waals surface area contributed by atoms with Crippen molar-refractivity contribution < 1.29 is 4.79 Å². The molecule has 0 fully saturated rings. The smallest absolute Gasteiger partial charge is 0.323 e. The van der Waals surface area contributed by atoms with Crippen LogP contribution in [0.1, 0.15) is 16.7 Å². The lowest BCUT2D eigenvalue weighted by Crippen LogP contribution is -2.22. The Morgan fingerprint density at radius 1 is 1.10 bits per heavy atom. The first-order chi connectivity index (χ1) is 9.97. The highest BCUT2D eigenvalue weighted by atomic mass is 32.1. The summed E-state index contributed by atoms with van der Waals surface area (Å²) in [7, 11) is 0. The number of hydrogen-bond donors (Lipinski definition) is 3. The maximum atomic E-state index is 12.1. The number of nitrogens with two attached hydrogens (primary N) is 1. The van der Waals surface area contributed by atoms with Crippen molar-refractivity contribution in [3.05, 3.63) is 59.2 Å². The Hall–Kier alpha value is -2.40. The van der Waals surface area contributed by atoms with E-state index in [4.69, 9.17) is 18.0 Å². The van der Waals surface area contributed by atoms with Gasteiger partial charge in [0, 0.05) is 11.3 Å². The summed E-state index contributed by atoms with van der Waals surface area (Å²) in [5, 5.41) is 5.57. The van der Waals surface area contributed by atoms with E-state index in [-0.39, 0.29) is 11.0 Å². The molecule has 108 valence electrons. The number of urea groups is 1. The zero-order chi connectivity index (χ0) is 15.4. The molecule has 4 N–H and O–H groups in total. The van der Waals surface area contributed by atoms with Crippen molar-refractivity contribution in [3.8, 4) is 0 Å². The van der Waals surface area contributed by atoms with Crippen molar-refractivity contribution in [3.63, 3.8) is 0 Å². The molecule has 0 atom stereocenters. The molecular weight excluding hydrogens is 282 g/mol. The second kappa shape index (κ2) is 6.37. The number of hydrogen-bond acceptors (Lipinski definition) is 2. The molecule has 0 aliphatic heterocycles. The van der Waals surface area contributed by atoms with Crippen LogP contribution in [0.5, 0.6) is 0 Å². The highest BCUT2D eigenvalue weighted by Crippen LogP contribution is 2.20. The van der Waals surface area contributed by atoms with Gasteiger partial charge in [0.15, 0.2) is 0 Å². The summed E-state index contributed by atoms with van der Waals surface area (Å²) in [6.07, 6.45) is 0. The van der Waals surface area contributed by atoms with E-state index in [1.165, 1.54) is 0 Å². The van der Waals surface area contributed by atoms with Gasteiger partial charge in [-0.05, 0) is 43.2 Å². The van der Waals surface area contributed by atoms with Gasteiger partial charge in [0.25, 0.3) is 0 Å². The molecule has 0 radical (unpaired) electrons.